The quantitative estimate of drug-likeness (QED) is 0.764. The maximum atomic E-state index is 12.7. The summed E-state index contributed by atoms with van der Waals surface area (Å²) in [6.45, 7) is 0.680. The van der Waals surface area contributed by atoms with Crippen LogP contribution in [0.1, 0.15) is 31.2 Å². The van der Waals surface area contributed by atoms with E-state index in [1.165, 1.54) is 6.20 Å². The summed E-state index contributed by atoms with van der Waals surface area (Å²) in [7, 11) is 0. The van der Waals surface area contributed by atoms with E-state index in [1.54, 1.807) is 0 Å². The van der Waals surface area contributed by atoms with Gasteiger partial charge in [-0.25, -0.2) is 4.98 Å². The molecule has 0 bridgehead atoms. The van der Waals surface area contributed by atoms with Crippen LogP contribution in [0.15, 0.2) is 18.3 Å². The van der Waals surface area contributed by atoms with Gasteiger partial charge < -0.3 is 4.90 Å². The minimum atomic E-state index is -4.31. The molecule has 1 aromatic rings. The molecule has 0 amide bonds. The molecule has 0 aliphatic heterocycles. The number of nitrogens with zero attached hydrogens (tertiary/aromatic N) is 2. The first-order chi connectivity index (χ1) is 9.02. The zero-order valence-electron chi connectivity index (χ0n) is 10.5. The molecule has 1 aromatic heterocycles. The van der Waals surface area contributed by atoms with Crippen LogP contribution in [0.3, 0.4) is 0 Å². The molecular weight excluding hydrogens is 321 g/mol. The van der Waals surface area contributed by atoms with Gasteiger partial charge in [-0.1, -0.05) is 28.8 Å². The zero-order valence-corrected chi connectivity index (χ0v) is 12.0. The largest absolute Gasteiger partial charge is 0.416 e. The zero-order chi connectivity index (χ0) is 13.9. The fourth-order valence-corrected chi connectivity index (χ4v) is 2.93. The monoisotopic (exact) mass is 336 g/mol. The summed E-state index contributed by atoms with van der Waals surface area (Å²) in [5.41, 5.74) is -0.630. The Hall–Kier alpha value is -0.780. The molecule has 0 aromatic carbocycles. The average molecular weight is 337 g/mol. The lowest BCUT2D eigenvalue weighted by Crippen LogP contribution is -2.35. The molecule has 0 radical (unpaired) electrons. The summed E-state index contributed by atoms with van der Waals surface area (Å²) >= 11 is 3.36. The van der Waals surface area contributed by atoms with Crippen molar-refractivity contribution in [3.8, 4) is 0 Å². The summed E-state index contributed by atoms with van der Waals surface area (Å²) in [4.78, 5) is 6.12. The Morgan fingerprint density at radius 3 is 2.58 bits per heavy atom. The molecule has 0 saturated heterocycles. The van der Waals surface area contributed by atoms with Gasteiger partial charge in [0.25, 0.3) is 0 Å². The molecular formula is C13H16BrF3N2. The minimum absolute atomic E-state index is 0.313. The molecule has 2 nitrogen and oxygen atoms in total. The minimum Gasteiger partial charge on any atom is -0.353 e. The highest BCUT2D eigenvalue weighted by Crippen LogP contribution is 2.33. The van der Waals surface area contributed by atoms with E-state index < -0.39 is 11.7 Å². The van der Waals surface area contributed by atoms with Gasteiger partial charge in [-0.05, 0) is 25.0 Å². The van der Waals surface area contributed by atoms with Crippen molar-refractivity contribution in [3.05, 3.63) is 23.9 Å². The molecule has 1 aliphatic carbocycles. The Labute approximate surface area is 119 Å². The molecule has 1 heterocycles. The predicted molar refractivity (Wildman–Crippen MR) is 72.6 cm³/mol. The second kappa shape index (κ2) is 6.11. The number of pyridine rings is 1. The van der Waals surface area contributed by atoms with Gasteiger partial charge >= 0.3 is 6.18 Å². The van der Waals surface area contributed by atoms with Gasteiger partial charge in [-0.3, -0.25) is 0 Å². The van der Waals surface area contributed by atoms with Crippen LogP contribution in [0.25, 0.3) is 0 Å². The number of rotatable bonds is 4. The van der Waals surface area contributed by atoms with Crippen LogP contribution in [0, 0.1) is 0 Å². The highest BCUT2D eigenvalue weighted by molar-refractivity contribution is 9.09. The molecule has 0 atom stereocenters. The van der Waals surface area contributed by atoms with Crippen LogP contribution in [0.2, 0.25) is 0 Å². The third-order valence-electron chi connectivity index (χ3n) is 3.46. The van der Waals surface area contributed by atoms with Crippen LogP contribution < -0.4 is 4.90 Å². The van der Waals surface area contributed by atoms with Crippen molar-refractivity contribution in [1.82, 2.24) is 4.98 Å². The van der Waals surface area contributed by atoms with Gasteiger partial charge in [-0.2, -0.15) is 13.2 Å². The van der Waals surface area contributed by atoms with E-state index in [2.05, 4.69) is 20.9 Å². The number of anilines is 1. The smallest absolute Gasteiger partial charge is 0.353 e. The summed E-state index contributed by atoms with van der Waals surface area (Å²) in [5.74, 6) is 0.432. The number of hydrogen-bond acceptors (Lipinski definition) is 2. The number of halogens is 4. The van der Waals surface area contributed by atoms with Crippen LogP contribution in [0.4, 0.5) is 19.0 Å². The lowest BCUT2D eigenvalue weighted by Gasteiger charge is -2.29. The molecule has 106 valence electrons. The van der Waals surface area contributed by atoms with Gasteiger partial charge in [0.1, 0.15) is 5.82 Å². The van der Waals surface area contributed by atoms with Crippen molar-refractivity contribution in [1.29, 1.82) is 0 Å². The van der Waals surface area contributed by atoms with Gasteiger partial charge in [0, 0.05) is 24.1 Å². The summed E-state index contributed by atoms with van der Waals surface area (Å²) in [6.07, 6.45) is 1.28. The highest BCUT2D eigenvalue weighted by atomic mass is 79.9. The van der Waals surface area contributed by atoms with Crippen molar-refractivity contribution >= 4 is 21.7 Å². The van der Waals surface area contributed by atoms with Gasteiger partial charge in [0.05, 0.1) is 5.56 Å². The van der Waals surface area contributed by atoms with Crippen LogP contribution in [-0.2, 0) is 6.18 Å². The van der Waals surface area contributed by atoms with Crippen molar-refractivity contribution < 1.29 is 13.2 Å². The van der Waals surface area contributed by atoms with E-state index in [0.29, 0.717) is 18.4 Å². The lowest BCUT2D eigenvalue weighted by molar-refractivity contribution is -0.137. The summed E-state index contributed by atoms with van der Waals surface area (Å²) in [6, 6.07) is 2.49. The Morgan fingerprint density at radius 1 is 1.32 bits per heavy atom. The number of hydrogen-bond donors (Lipinski definition) is 0. The second-order valence-electron chi connectivity index (χ2n) is 4.72. The van der Waals surface area contributed by atoms with E-state index in [9.17, 15) is 13.2 Å². The Bertz CT molecular complexity index is 417. The molecule has 1 saturated carbocycles. The van der Waals surface area contributed by atoms with Gasteiger partial charge in [-0.15, -0.1) is 0 Å². The predicted octanol–water partition coefficient (Wildman–Crippen LogP) is 4.24. The van der Waals surface area contributed by atoms with E-state index in [4.69, 9.17) is 0 Å². The number of aromatic nitrogens is 1. The molecule has 1 fully saturated rings. The van der Waals surface area contributed by atoms with Crippen molar-refractivity contribution in [2.75, 3.05) is 16.8 Å². The molecule has 0 spiro atoms. The van der Waals surface area contributed by atoms with Crippen molar-refractivity contribution in [2.45, 2.75) is 37.9 Å². The third kappa shape index (κ3) is 3.61. The fraction of sp³-hybridized carbons (Fsp3) is 0.615. The van der Waals surface area contributed by atoms with Crippen LogP contribution in [-0.4, -0.2) is 22.9 Å². The molecule has 19 heavy (non-hydrogen) atoms. The maximum absolute atomic E-state index is 12.7. The van der Waals surface area contributed by atoms with E-state index >= 15 is 0 Å². The topological polar surface area (TPSA) is 16.1 Å². The van der Waals surface area contributed by atoms with Crippen LogP contribution >= 0.6 is 15.9 Å². The maximum Gasteiger partial charge on any atom is 0.416 e. The van der Waals surface area contributed by atoms with E-state index in [-0.39, 0.29) is 0 Å². The molecule has 1 aliphatic rings. The van der Waals surface area contributed by atoms with Gasteiger partial charge in [0.2, 0.25) is 0 Å². The lowest BCUT2D eigenvalue weighted by atomic mass is 10.2. The van der Waals surface area contributed by atoms with Crippen LogP contribution in [0.5, 0.6) is 0 Å². The summed E-state index contributed by atoms with van der Waals surface area (Å²) < 4.78 is 38.2. The Morgan fingerprint density at radius 2 is 2.00 bits per heavy atom. The fourth-order valence-electron chi connectivity index (χ4n) is 2.54. The highest BCUT2D eigenvalue weighted by Gasteiger charge is 2.32. The first kappa shape index (κ1) is 14.6. The van der Waals surface area contributed by atoms with E-state index in [1.807, 2.05) is 4.90 Å². The first-order valence-electron chi connectivity index (χ1n) is 6.38. The normalized spacial score (nSPS) is 16.8. The molecule has 6 heteroatoms. The Kier molecular flexibility index (Phi) is 4.71. The van der Waals surface area contributed by atoms with Gasteiger partial charge in [0.15, 0.2) is 0 Å². The Balaban J connectivity index is 2.25. The van der Waals surface area contributed by atoms with E-state index in [0.717, 1.165) is 43.1 Å². The third-order valence-corrected chi connectivity index (χ3v) is 3.81. The first-order valence-corrected chi connectivity index (χ1v) is 7.50. The molecule has 0 unspecified atom stereocenters. The molecule has 2 rings (SSSR count). The summed E-state index contributed by atoms with van der Waals surface area (Å²) in [5, 5.41) is 0.724. The molecule has 0 N–H and O–H groups in total. The number of alkyl halides is 4. The SMILES string of the molecule is FC(F)(F)c1ccnc(N(CCBr)C2CCCC2)c1. The van der Waals surface area contributed by atoms with Crippen molar-refractivity contribution in [3.63, 3.8) is 0 Å². The second-order valence-corrected chi connectivity index (χ2v) is 5.51. The standard InChI is InChI=1S/C13H16BrF3N2/c14-6-8-19(11-3-1-2-4-11)12-9-10(5-7-18-12)13(15,16)17/h5,7,9,11H,1-4,6,8H2. The average Bonchev–Trinajstić information content (AvgIpc) is 2.88. The van der Waals surface area contributed by atoms with Crippen molar-refractivity contribution in [2.24, 2.45) is 0 Å².